The van der Waals surface area contributed by atoms with Crippen molar-refractivity contribution in [3.05, 3.63) is 34.9 Å². The highest BCUT2D eigenvalue weighted by molar-refractivity contribution is 5.79. The van der Waals surface area contributed by atoms with Crippen LogP contribution in [0.5, 0.6) is 0 Å². The van der Waals surface area contributed by atoms with Crippen molar-refractivity contribution >= 4 is 5.91 Å². The van der Waals surface area contributed by atoms with Crippen molar-refractivity contribution in [1.29, 1.82) is 0 Å². The Morgan fingerprint density at radius 2 is 2.09 bits per heavy atom. The molecule has 4 nitrogen and oxygen atoms in total. The van der Waals surface area contributed by atoms with Crippen LogP contribution in [0.25, 0.3) is 0 Å². The Balaban J connectivity index is 1.76. The first kappa shape index (κ1) is 16.5. The van der Waals surface area contributed by atoms with E-state index in [0.717, 1.165) is 13.1 Å². The highest BCUT2D eigenvalue weighted by Gasteiger charge is 2.37. The molecule has 0 aromatic heterocycles. The van der Waals surface area contributed by atoms with Gasteiger partial charge in [0.1, 0.15) is 6.10 Å². The smallest absolute Gasteiger partial charge is 0.226 e. The second-order valence-electron chi connectivity index (χ2n) is 7.23. The van der Waals surface area contributed by atoms with Crippen molar-refractivity contribution in [3.8, 4) is 0 Å². The molecule has 2 aliphatic heterocycles. The van der Waals surface area contributed by atoms with Gasteiger partial charge in [-0.25, -0.2) is 0 Å². The highest BCUT2D eigenvalue weighted by atomic mass is 16.5. The van der Waals surface area contributed by atoms with E-state index in [2.05, 4.69) is 51.2 Å². The molecule has 3 unspecified atom stereocenters. The van der Waals surface area contributed by atoms with Crippen LogP contribution >= 0.6 is 0 Å². The molecule has 2 aliphatic rings. The molecule has 3 rings (SSSR count). The van der Waals surface area contributed by atoms with Gasteiger partial charge < -0.3 is 15.0 Å². The predicted octanol–water partition coefficient (Wildman–Crippen LogP) is 2.45. The SMILES string of the molecule is Cc1ccc(C)c(C2CN(C(=O)C(C)C3CNC3)C(C)CO2)c1. The van der Waals surface area contributed by atoms with Gasteiger partial charge >= 0.3 is 0 Å². The first-order valence-corrected chi connectivity index (χ1v) is 8.67. The Hall–Kier alpha value is -1.39. The minimum absolute atomic E-state index is 0.0123. The average molecular weight is 316 g/mol. The van der Waals surface area contributed by atoms with Crippen LogP contribution in [-0.4, -0.2) is 43.1 Å². The van der Waals surface area contributed by atoms with Gasteiger partial charge in [0.2, 0.25) is 5.91 Å². The van der Waals surface area contributed by atoms with Crippen LogP contribution in [0.1, 0.15) is 36.6 Å². The fourth-order valence-corrected chi connectivity index (χ4v) is 3.49. The van der Waals surface area contributed by atoms with Crippen LogP contribution in [0.4, 0.5) is 0 Å². The zero-order chi connectivity index (χ0) is 16.6. The summed E-state index contributed by atoms with van der Waals surface area (Å²) in [4.78, 5) is 15.0. The Kier molecular flexibility index (Phi) is 4.74. The molecule has 1 amide bonds. The number of nitrogens with one attached hydrogen (secondary N) is 1. The molecule has 2 heterocycles. The number of benzene rings is 1. The van der Waals surface area contributed by atoms with Crippen LogP contribution in [0.3, 0.4) is 0 Å². The fraction of sp³-hybridized carbons (Fsp3) is 0.632. The van der Waals surface area contributed by atoms with Gasteiger partial charge in [0.05, 0.1) is 19.2 Å². The average Bonchev–Trinajstić information content (AvgIpc) is 2.48. The van der Waals surface area contributed by atoms with Gasteiger partial charge in [-0.15, -0.1) is 0 Å². The molecule has 1 aromatic rings. The third-order valence-electron chi connectivity index (χ3n) is 5.41. The highest BCUT2D eigenvalue weighted by Crippen LogP contribution is 2.30. The van der Waals surface area contributed by atoms with E-state index in [4.69, 9.17) is 4.74 Å². The number of aryl methyl sites for hydroxylation is 2. The Bertz CT molecular complexity index is 583. The predicted molar refractivity (Wildman–Crippen MR) is 91.3 cm³/mol. The van der Waals surface area contributed by atoms with Crippen molar-refractivity contribution in [1.82, 2.24) is 10.2 Å². The zero-order valence-electron chi connectivity index (χ0n) is 14.6. The molecule has 2 fully saturated rings. The van der Waals surface area contributed by atoms with E-state index in [1.165, 1.54) is 16.7 Å². The molecule has 1 N–H and O–H groups in total. The summed E-state index contributed by atoms with van der Waals surface area (Å²) in [5, 5.41) is 3.26. The molecular weight excluding hydrogens is 288 g/mol. The number of carbonyl (C=O) groups excluding carboxylic acids is 1. The van der Waals surface area contributed by atoms with Crippen LogP contribution in [0.2, 0.25) is 0 Å². The molecule has 2 saturated heterocycles. The van der Waals surface area contributed by atoms with E-state index in [-0.39, 0.29) is 24.0 Å². The zero-order valence-corrected chi connectivity index (χ0v) is 14.6. The fourth-order valence-electron chi connectivity index (χ4n) is 3.49. The van der Waals surface area contributed by atoms with Gasteiger partial charge in [-0.05, 0) is 50.9 Å². The lowest BCUT2D eigenvalue weighted by molar-refractivity contribution is -0.150. The first-order chi connectivity index (χ1) is 11.0. The Morgan fingerprint density at radius 1 is 1.35 bits per heavy atom. The third-order valence-corrected chi connectivity index (χ3v) is 5.41. The van der Waals surface area contributed by atoms with Gasteiger partial charge in [0.25, 0.3) is 0 Å². The summed E-state index contributed by atoms with van der Waals surface area (Å²) in [6.45, 7) is 11.6. The molecular formula is C19H28N2O2. The molecule has 0 bridgehead atoms. The van der Waals surface area contributed by atoms with Gasteiger partial charge in [-0.3, -0.25) is 4.79 Å². The summed E-state index contributed by atoms with van der Waals surface area (Å²) in [7, 11) is 0. The summed E-state index contributed by atoms with van der Waals surface area (Å²) < 4.78 is 6.07. The number of rotatable bonds is 3. The van der Waals surface area contributed by atoms with Gasteiger partial charge in [0.15, 0.2) is 0 Å². The quantitative estimate of drug-likeness (QED) is 0.931. The summed E-state index contributed by atoms with van der Waals surface area (Å²) in [6.07, 6.45) is -0.0123. The second kappa shape index (κ2) is 6.62. The molecule has 1 aromatic carbocycles. The van der Waals surface area contributed by atoms with E-state index in [9.17, 15) is 4.79 Å². The van der Waals surface area contributed by atoms with E-state index < -0.39 is 0 Å². The number of ether oxygens (including phenoxy) is 1. The second-order valence-corrected chi connectivity index (χ2v) is 7.23. The van der Waals surface area contributed by atoms with Crippen molar-refractivity contribution < 1.29 is 9.53 Å². The lowest BCUT2D eigenvalue weighted by Gasteiger charge is -2.42. The number of nitrogens with zero attached hydrogens (tertiary/aromatic N) is 1. The summed E-state index contributed by atoms with van der Waals surface area (Å²) >= 11 is 0. The largest absolute Gasteiger partial charge is 0.370 e. The lowest BCUT2D eigenvalue weighted by atomic mass is 9.87. The Morgan fingerprint density at radius 3 is 2.74 bits per heavy atom. The molecule has 0 spiro atoms. The van der Waals surface area contributed by atoms with Crippen LogP contribution < -0.4 is 5.32 Å². The van der Waals surface area contributed by atoms with E-state index >= 15 is 0 Å². The maximum atomic E-state index is 12.9. The van der Waals surface area contributed by atoms with E-state index in [1.807, 2.05) is 4.90 Å². The molecule has 126 valence electrons. The van der Waals surface area contributed by atoms with E-state index in [0.29, 0.717) is 19.1 Å². The molecule has 3 atom stereocenters. The minimum atomic E-state index is -0.0123. The van der Waals surface area contributed by atoms with Crippen molar-refractivity contribution in [2.24, 2.45) is 11.8 Å². The lowest BCUT2D eigenvalue weighted by Crippen LogP contribution is -2.55. The number of carbonyl (C=O) groups is 1. The summed E-state index contributed by atoms with van der Waals surface area (Å²) in [5.41, 5.74) is 3.69. The molecule has 23 heavy (non-hydrogen) atoms. The van der Waals surface area contributed by atoms with Crippen molar-refractivity contribution in [2.75, 3.05) is 26.2 Å². The van der Waals surface area contributed by atoms with Gasteiger partial charge in [0, 0.05) is 5.92 Å². The topological polar surface area (TPSA) is 41.6 Å². The summed E-state index contributed by atoms with van der Waals surface area (Å²) in [6, 6.07) is 6.61. The molecule has 0 radical (unpaired) electrons. The van der Waals surface area contributed by atoms with Crippen molar-refractivity contribution in [2.45, 2.75) is 39.8 Å². The maximum Gasteiger partial charge on any atom is 0.226 e. The monoisotopic (exact) mass is 316 g/mol. The first-order valence-electron chi connectivity index (χ1n) is 8.67. The van der Waals surface area contributed by atoms with Gasteiger partial charge in [-0.1, -0.05) is 30.7 Å². The van der Waals surface area contributed by atoms with E-state index in [1.54, 1.807) is 0 Å². The standard InChI is InChI=1S/C19H28N2O2/c1-12-5-6-13(2)17(7-12)18-10-21(14(3)11-23-18)19(22)15(4)16-8-20-9-16/h5-7,14-16,18,20H,8-11H2,1-4H3. The number of amides is 1. The molecule has 0 aliphatic carbocycles. The van der Waals surface area contributed by atoms with Gasteiger partial charge in [-0.2, -0.15) is 0 Å². The maximum absolute atomic E-state index is 12.9. The number of hydrogen-bond donors (Lipinski definition) is 1. The van der Waals surface area contributed by atoms with Crippen LogP contribution in [0, 0.1) is 25.7 Å². The molecule has 4 heteroatoms. The summed E-state index contributed by atoms with van der Waals surface area (Å²) in [5.74, 6) is 0.857. The van der Waals surface area contributed by atoms with Crippen LogP contribution in [0.15, 0.2) is 18.2 Å². The minimum Gasteiger partial charge on any atom is -0.370 e. The Labute approximate surface area is 139 Å². The molecule has 0 saturated carbocycles. The third kappa shape index (κ3) is 3.29. The van der Waals surface area contributed by atoms with Crippen molar-refractivity contribution in [3.63, 3.8) is 0 Å². The normalized spacial score (nSPS) is 26.7. The number of hydrogen-bond acceptors (Lipinski definition) is 3. The van der Waals surface area contributed by atoms with Crippen LogP contribution in [-0.2, 0) is 9.53 Å². The number of morpholine rings is 1.